The van der Waals surface area contributed by atoms with E-state index in [4.69, 9.17) is 0 Å². The van der Waals surface area contributed by atoms with E-state index in [0.717, 1.165) is 19.3 Å². The summed E-state index contributed by atoms with van der Waals surface area (Å²) in [6, 6.07) is 0. The standard InChI is InChI=1S/C14H19F2NO/c1-12(16)10-13(6-5-8-15)11-17-9-4-2-3-7-14(17)18/h5-6,8,10H,2-4,7,9,11H2,1H3/b8-5+,12-10+,13-6+. The van der Waals surface area contributed by atoms with Crippen LogP contribution in [0, 0.1) is 0 Å². The molecular weight excluding hydrogens is 236 g/mol. The number of nitrogens with zero attached hydrogens (tertiary/aromatic N) is 1. The van der Waals surface area contributed by atoms with Crippen LogP contribution in [0.3, 0.4) is 0 Å². The van der Waals surface area contributed by atoms with Crippen molar-refractivity contribution >= 4 is 5.91 Å². The third-order valence-corrected chi connectivity index (χ3v) is 2.81. The number of likely N-dealkylation sites (tertiary alicyclic amines) is 1. The first-order chi connectivity index (χ1) is 8.63. The second kappa shape index (κ2) is 7.80. The Morgan fingerprint density at radius 2 is 2.17 bits per heavy atom. The molecule has 0 aromatic carbocycles. The zero-order chi connectivity index (χ0) is 13.4. The first-order valence-corrected chi connectivity index (χ1v) is 6.21. The van der Waals surface area contributed by atoms with Gasteiger partial charge in [0.05, 0.1) is 12.2 Å². The van der Waals surface area contributed by atoms with Crippen LogP contribution in [0.4, 0.5) is 8.78 Å². The molecule has 1 saturated heterocycles. The number of carbonyl (C=O) groups is 1. The van der Waals surface area contributed by atoms with E-state index in [-0.39, 0.29) is 11.7 Å². The highest BCUT2D eigenvalue weighted by Gasteiger charge is 2.16. The van der Waals surface area contributed by atoms with E-state index in [2.05, 4.69) is 0 Å². The van der Waals surface area contributed by atoms with Crippen LogP contribution in [0.1, 0.15) is 32.6 Å². The van der Waals surface area contributed by atoms with Crippen molar-refractivity contribution in [2.24, 2.45) is 0 Å². The normalized spacial score (nSPS) is 19.5. The minimum Gasteiger partial charge on any atom is -0.338 e. The van der Waals surface area contributed by atoms with Gasteiger partial charge in [-0.2, -0.15) is 0 Å². The van der Waals surface area contributed by atoms with E-state index in [1.165, 1.54) is 25.2 Å². The van der Waals surface area contributed by atoms with Crippen LogP contribution in [0.2, 0.25) is 0 Å². The molecular formula is C14H19F2NO. The van der Waals surface area contributed by atoms with Crippen LogP contribution in [0.5, 0.6) is 0 Å². The molecule has 4 heteroatoms. The van der Waals surface area contributed by atoms with Gasteiger partial charge in [0.1, 0.15) is 0 Å². The smallest absolute Gasteiger partial charge is 0.222 e. The molecule has 0 saturated carbocycles. The van der Waals surface area contributed by atoms with Gasteiger partial charge in [-0.15, -0.1) is 0 Å². The Labute approximate surface area is 107 Å². The molecule has 0 radical (unpaired) electrons. The third-order valence-electron chi connectivity index (χ3n) is 2.81. The topological polar surface area (TPSA) is 20.3 Å². The summed E-state index contributed by atoms with van der Waals surface area (Å²) in [5.41, 5.74) is 0.596. The Bertz CT molecular complexity index is 368. The lowest BCUT2D eigenvalue weighted by Crippen LogP contribution is -2.31. The number of allylic oxidation sites excluding steroid dienone is 3. The van der Waals surface area contributed by atoms with Crippen molar-refractivity contribution in [1.82, 2.24) is 4.90 Å². The van der Waals surface area contributed by atoms with Crippen molar-refractivity contribution in [1.29, 1.82) is 0 Å². The number of hydrogen-bond acceptors (Lipinski definition) is 1. The molecule has 2 nitrogen and oxygen atoms in total. The molecule has 1 heterocycles. The van der Waals surface area contributed by atoms with E-state index in [1.807, 2.05) is 0 Å². The second-order valence-electron chi connectivity index (χ2n) is 4.42. The van der Waals surface area contributed by atoms with E-state index < -0.39 is 0 Å². The molecule has 0 unspecified atom stereocenters. The molecule has 0 aromatic rings. The van der Waals surface area contributed by atoms with E-state index >= 15 is 0 Å². The predicted octanol–water partition coefficient (Wildman–Crippen LogP) is 3.67. The van der Waals surface area contributed by atoms with Crippen molar-refractivity contribution in [3.63, 3.8) is 0 Å². The quantitative estimate of drug-likeness (QED) is 0.702. The van der Waals surface area contributed by atoms with Gasteiger partial charge in [0.25, 0.3) is 0 Å². The van der Waals surface area contributed by atoms with Crippen molar-refractivity contribution in [2.75, 3.05) is 13.1 Å². The fourth-order valence-corrected chi connectivity index (χ4v) is 1.99. The van der Waals surface area contributed by atoms with Crippen molar-refractivity contribution < 1.29 is 13.6 Å². The summed E-state index contributed by atoms with van der Waals surface area (Å²) in [6.07, 6.45) is 7.89. The molecule has 0 spiro atoms. The fourth-order valence-electron chi connectivity index (χ4n) is 1.99. The third kappa shape index (κ3) is 5.25. The number of amides is 1. The van der Waals surface area contributed by atoms with Crippen molar-refractivity contribution in [3.05, 3.63) is 36.0 Å². The highest BCUT2D eigenvalue weighted by molar-refractivity contribution is 5.76. The first kappa shape index (κ1) is 14.6. The molecule has 0 aliphatic carbocycles. The predicted molar refractivity (Wildman–Crippen MR) is 68.2 cm³/mol. The minimum absolute atomic E-state index is 0.0903. The lowest BCUT2D eigenvalue weighted by molar-refractivity contribution is -0.130. The Kier molecular flexibility index (Phi) is 6.33. The maximum absolute atomic E-state index is 12.9. The van der Waals surface area contributed by atoms with Gasteiger partial charge in [0.2, 0.25) is 5.91 Å². The van der Waals surface area contributed by atoms with Gasteiger partial charge in [-0.3, -0.25) is 4.79 Å². The molecule has 1 aliphatic rings. The van der Waals surface area contributed by atoms with Crippen LogP contribution in [-0.2, 0) is 4.79 Å². The zero-order valence-electron chi connectivity index (χ0n) is 10.7. The summed E-state index contributed by atoms with van der Waals surface area (Å²) in [5.74, 6) is -0.261. The molecule has 0 atom stereocenters. The van der Waals surface area contributed by atoms with Crippen LogP contribution < -0.4 is 0 Å². The SMILES string of the molecule is C\C(F)=C/C(=C\C=C\F)CN1CCCCCC1=O. The first-order valence-electron chi connectivity index (χ1n) is 6.21. The Hall–Kier alpha value is -1.45. The van der Waals surface area contributed by atoms with Crippen LogP contribution >= 0.6 is 0 Å². The monoisotopic (exact) mass is 255 g/mol. The summed E-state index contributed by atoms with van der Waals surface area (Å²) < 4.78 is 24.9. The summed E-state index contributed by atoms with van der Waals surface area (Å²) in [7, 11) is 0. The molecule has 100 valence electrons. The molecule has 0 aromatic heterocycles. The van der Waals surface area contributed by atoms with E-state index in [9.17, 15) is 13.6 Å². The molecule has 1 amide bonds. The summed E-state index contributed by atoms with van der Waals surface area (Å²) in [5, 5.41) is 0. The van der Waals surface area contributed by atoms with Gasteiger partial charge < -0.3 is 4.90 Å². The van der Waals surface area contributed by atoms with Crippen molar-refractivity contribution in [3.8, 4) is 0 Å². The molecule has 1 aliphatic heterocycles. The second-order valence-corrected chi connectivity index (χ2v) is 4.42. The van der Waals surface area contributed by atoms with Gasteiger partial charge in [0.15, 0.2) is 0 Å². The van der Waals surface area contributed by atoms with Gasteiger partial charge in [-0.25, -0.2) is 8.78 Å². The van der Waals surface area contributed by atoms with Gasteiger partial charge in [0, 0.05) is 19.5 Å². The molecule has 0 N–H and O–H groups in total. The molecule has 1 rings (SSSR count). The Morgan fingerprint density at radius 1 is 1.39 bits per heavy atom. The lowest BCUT2D eigenvalue weighted by atomic mass is 10.2. The van der Waals surface area contributed by atoms with Crippen LogP contribution in [0.25, 0.3) is 0 Å². The Morgan fingerprint density at radius 3 is 2.83 bits per heavy atom. The zero-order valence-corrected chi connectivity index (χ0v) is 10.7. The highest BCUT2D eigenvalue weighted by atomic mass is 19.1. The van der Waals surface area contributed by atoms with Crippen LogP contribution in [0.15, 0.2) is 36.0 Å². The largest absolute Gasteiger partial charge is 0.338 e. The average Bonchev–Trinajstić information content (AvgIpc) is 2.51. The summed E-state index contributed by atoms with van der Waals surface area (Å²) in [4.78, 5) is 13.5. The average molecular weight is 255 g/mol. The van der Waals surface area contributed by atoms with E-state index in [0.29, 0.717) is 31.4 Å². The van der Waals surface area contributed by atoms with Crippen molar-refractivity contribution in [2.45, 2.75) is 32.6 Å². The number of rotatable bonds is 4. The number of carbonyl (C=O) groups excluding carboxylic acids is 1. The summed E-state index contributed by atoms with van der Waals surface area (Å²) >= 11 is 0. The number of hydrogen-bond donors (Lipinski definition) is 0. The van der Waals surface area contributed by atoms with E-state index in [1.54, 1.807) is 4.90 Å². The fraction of sp³-hybridized carbons (Fsp3) is 0.500. The minimum atomic E-state index is -0.351. The van der Waals surface area contributed by atoms with Gasteiger partial charge >= 0.3 is 0 Å². The van der Waals surface area contributed by atoms with Crippen LogP contribution in [-0.4, -0.2) is 23.9 Å². The summed E-state index contributed by atoms with van der Waals surface area (Å²) in [6.45, 7) is 2.36. The molecule has 18 heavy (non-hydrogen) atoms. The Balaban J connectivity index is 2.75. The highest BCUT2D eigenvalue weighted by Crippen LogP contribution is 2.14. The van der Waals surface area contributed by atoms with Gasteiger partial charge in [-0.05, 0) is 37.5 Å². The molecule has 0 bridgehead atoms. The maximum atomic E-state index is 12.9. The lowest BCUT2D eigenvalue weighted by Gasteiger charge is -2.21. The maximum Gasteiger partial charge on any atom is 0.222 e. The number of halogens is 2. The van der Waals surface area contributed by atoms with Gasteiger partial charge in [-0.1, -0.05) is 12.5 Å². The molecule has 1 fully saturated rings.